The molecular weight excluding hydrogens is 352 g/mol. The Kier molecular flexibility index (Phi) is 5.75. The highest BCUT2D eigenvalue weighted by molar-refractivity contribution is 7.97. The van der Waals surface area contributed by atoms with Gasteiger partial charge in [-0.1, -0.05) is 61.7 Å². The zero-order chi connectivity index (χ0) is 18.5. The predicted molar refractivity (Wildman–Crippen MR) is 114 cm³/mol. The second kappa shape index (κ2) is 8.59. The summed E-state index contributed by atoms with van der Waals surface area (Å²) in [5.41, 5.74) is 1.51. The number of rotatable bonds is 5. The first-order chi connectivity index (χ1) is 13.3. The van der Waals surface area contributed by atoms with Gasteiger partial charge in [0.2, 0.25) is 0 Å². The lowest BCUT2D eigenvalue weighted by Gasteiger charge is -2.22. The van der Waals surface area contributed by atoms with Crippen LogP contribution in [-0.2, 0) is 0 Å². The van der Waals surface area contributed by atoms with Crippen LogP contribution < -0.4 is 10.0 Å². The molecule has 138 valence electrons. The van der Waals surface area contributed by atoms with Gasteiger partial charge < -0.3 is 5.32 Å². The van der Waals surface area contributed by atoms with Crippen LogP contribution in [0, 0.1) is 0 Å². The molecule has 0 atom stereocenters. The summed E-state index contributed by atoms with van der Waals surface area (Å²) < 4.78 is 3.65. The first kappa shape index (κ1) is 18.1. The number of amides is 1. The van der Waals surface area contributed by atoms with Crippen LogP contribution in [0.15, 0.2) is 71.6 Å². The van der Waals surface area contributed by atoms with Gasteiger partial charge in [-0.25, -0.2) is 0 Å². The van der Waals surface area contributed by atoms with Gasteiger partial charge in [-0.2, -0.15) is 0 Å². The fourth-order valence-electron chi connectivity index (χ4n) is 3.63. The molecule has 0 radical (unpaired) electrons. The van der Waals surface area contributed by atoms with E-state index < -0.39 is 0 Å². The zero-order valence-corrected chi connectivity index (χ0v) is 16.1. The van der Waals surface area contributed by atoms with E-state index >= 15 is 0 Å². The van der Waals surface area contributed by atoms with Gasteiger partial charge in [0.1, 0.15) is 0 Å². The third kappa shape index (κ3) is 4.34. The van der Waals surface area contributed by atoms with Crippen LogP contribution in [0.25, 0.3) is 10.8 Å². The Hall–Kier alpha value is -2.30. The van der Waals surface area contributed by atoms with Crippen molar-refractivity contribution in [1.29, 1.82) is 0 Å². The Morgan fingerprint density at radius 3 is 2.37 bits per heavy atom. The highest BCUT2D eigenvalue weighted by Crippen LogP contribution is 2.32. The maximum absolute atomic E-state index is 12.5. The van der Waals surface area contributed by atoms with E-state index in [2.05, 4.69) is 34.3 Å². The van der Waals surface area contributed by atoms with E-state index in [4.69, 9.17) is 0 Å². The Morgan fingerprint density at radius 2 is 1.56 bits per heavy atom. The van der Waals surface area contributed by atoms with Gasteiger partial charge in [0.25, 0.3) is 5.91 Å². The van der Waals surface area contributed by atoms with Crippen LogP contribution in [-0.4, -0.2) is 11.9 Å². The van der Waals surface area contributed by atoms with Crippen LogP contribution in [0.1, 0.15) is 42.5 Å². The minimum atomic E-state index is -0.0820. The van der Waals surface area contributed by atoms with Crippen LogP contribution in [0.5, 0.6) is 0 Å². The summed E-state index contributed by atoms with van der Waals surface area (Å²) in [6, 6.07) is 22.3. The van der Waals surface area contributed by atoms with Crippen molar-refractivity contribution in [2.75, 3.05) is 5.32 Å². The van der Waals surface area contributed by atoms with Crippen molar-refractivity contribution in [3.05, 3.63) is 72.3 Å². The summed E-state index contributed by atoms with van der Waals surface area (Å²) in [5.74, 6) is -0.0820. The number of hydrogen-bond acceptors (Lipinski definition) is 3. The number of carbonyl (C=O) groups excluding carboxylic acids is 1. The smallest absolute Gasteiger partial charge is 0.255 e. The topological polar surface area (TPSA) is 41.1 Å². The lowest BCUT2D eigenvalue weighted by molar-refractivity contribution is 0.102. The molecule has 0 aromatic heterocycles. The molecule has 0 saturated heterocycles. The molecule has 1 fully saturated rings. The largest absolute Gasteiger partial charge is 0.321 e. The fourth-order valence-corrected chi connectivity index (χ4v) is 4.59. The highest BCUT2D eigenvalue weighted by Gasteiger charge is 2.14. The standard InChI is InChI=1S/C23H24N2OS/c26-23(17-9-3-1-4-10-17)24-21-15-7-14-20-19(21)13-8-16-22(20)27-25-18-11-5-2-6-12-18/h1,3-4,7-10,13-16,18,25H,2,5-6,11-12H2,(H,24,26). The molecule has 3 aromatic rings. The number of carbonyl (C=O) groups is 1. The quantitative estimate of drug-likeness (QED) is 0.535. The fraction of sp³-hybridized carbons (Fsp3) is 0.261. The monoisotopic (exact) mass is 376 g/mol. The average molecular weight is 377 g/mol. The molecule has 27 heavy (non-hydrogen) atoms. The van der Waals surface area contributed by atoms with Gasteiger partial charge in [0, 0.05) is 27.6 Å². The third-order valence-corrected chi connectivity index (χ3v) is 6.13. The molecule has 0 heterocycles. The van der Waals surface area contributed by atoms with Crippen molar-refractivity contribution < 1.29 is 4.79 Å². The van der Waals surface area contributed by atoms with Crippen molar-refractivity contribution in [2.45, 2.75) is 43.0 Å². The first-order valence-electron chi connectivity index (χ1n) is 9.62. The van der Waals surface area contributed by atoms with Crippen molar-refractivity contribution >= 4 is 34.3 Å². The molecule has 3 aromatic carbocycles. The van der Waals surface area contributed by atoms with Crippen LogP contribution in [0.3, 0.4) is 0 Å². The molecule has 0 spiro atoms. The number of benzene rings is 3. The summed E-state index contributed by atoms with van der Waals surface area (Å²) in [6.45, 7) is 0. The minimum Gasteiger partial charge on any atom is -0.321 e. The second-order valence-electron chi connectivity index (χ2n) is 7.03. The van der Waals surface area contributed by atoms with Gasteiger partial charge in [0.05, 0.1) is 0 Å². The molecule has 1 aliphatic rings. The lowest BCUT2D eigenvalue weighted by atomic mass is 9.96. The van der Waals surface area contributed by atoms with Crippen molar-refractivity contribution in [3.63, 3.8) is 0 Å². The van der Waals surface area contributed by atoms with E-state index in [1.807, 2.05) is 42.5 Å². The van der Waals surface area contributed by atoms with E-state index in [0.29, 0.717) is 11.6 Å². The van der Waals surface area contributed by atoms with Crippen molar-refractivity contribution in [1.82, 2.24) is 4.72 Å². The van der Waals surface area contributed by atoms with E-state index in [0.717, 1.165) is 16.5 Å². The Balaban J connectivity index is 1.55. The van der Waals surface area contributed by atoms with E-state index in [1.54, 1.807) is 11.9 Å². The Bertz CT molecular complexity index is 920. The number of anilines is 1. The summed E-state index contributed by atoms with van der Waals surface area (Å²) in [4.78, 5) is 13.7. The van der Waals surface area contributed by atoms with Gasteiger partial charge in [-0.15, -0.1) is 0 Å². The molecule has 0 unspecified atom stereocenters. The number of hydrogen-bond donors (Lipinski definition) is 2. The SMILES string of the molecule is O=C(Nc1cccc2c(SNC3CCCCC3)cccc12)c1ccccc1. The van der Waals surface area contributed by atoms with Gasteiger partial charge in [0.15, 0.2) is 0 Å². The summed E-state index contributed by atoms with van der Waals surface area (Å²) in [5, 5.41) is 5.30. The zero-order valence-electron chi connectivity index (χ0n) is 15.3. The highest BCUT2D eigenvalue weighted by atomic mass is 32.2. The molecule has 4 rings (SSSR count). The van der Waals surface area contributed by atoms with Crippen LogP contribution >= 0.6 is 11.9 Å². The average Bonchev–Trinajstić information content (AvgIpc) is 2.74. The van der Waals surface area contributed by atoms with E-state index in [-0.39, 0.29) is 5.91 Å². The van der Waals surface area contributed by atoms with Crippen molar-refractivity contribution in [3.8, 4) is 0 Å². The minimum absolute atomic E-state index is 0.0820. The summed E-state index contributed by atoms with van der Waals surface area (Å²) >= 11 is 1.72. The van der Waals surface area contributed by atoms with Crippen molar-refractivity contribution in [2.24, 2.45) is 0 Å². The second-order valence-corrected chi connectivity index (χ2v) is 7.91. The lowest BCUT2D eigenvalue weighted by Crippen LogP contribution is -2.25. The molecule has 0 aliphatic heterocycles. The van der Waals surface area contributed by atoms with Gasteiger partial charge in [-0.05, 0) is 54.4 Å². The van der Waals surface area contributed by atoms with Gasteiger partial charge >= 0.3 is 0 Å². The van der Waals surface area contributed by atoms with Crippen LogP contribution in [0.2, 0.25) is 0 Å². The molecule has 3 nitrogen and oxygen atoms in total. The molecule has 1 aliphatic carbocycles. The normalized spacial score (nSPS) is 15.0. The Morgan fingerprint density at radius 1 is 0.815 bits per heavy atom. The molecule has 2 N–H and O–H groups in total. The predicted octanol–water partition coefficient (Wildman–Crippen LogP) is 6.02. The number of fused-ring (bicyclic) bond motifs is 1. The molecule has 4 heteroatoms. The molecular formula is C23H24N2OS. The molecule has 0 bridgehead atoms. The molecule has 1 saturated carbocycles. The summed E-state index contributed by atoms with van der Waals surface area (Å²) in [6.07, 6.45) is 6.53. The van der Waals surface area contributed by atoms with E-state index in [9.17, 15) is 4.79 Å². The van der Waals surface area contributed by atoms with E-state index in [1.165, 1.54) is 37.0 Å². The first-order valence-corrected chi connectivity index (χ1v) is 10.4. The maximum atomic E-state index is 12.5. The summed E-state index contributed by atoms with van der Waals surface area (Å²) in [7, 11) is 0. The molecule has 1 amide bonds. The third-order valence-electron chi connectivity index (χ3n) is 5.11. The van der Waals surface area contributed by atoms with Crippen LogP contribution in [0.4, 0.5) is 5.69 Å². The Labute approximate surface area is 164 Å². The maximum Gasteiger partial charge on any atom is 0.255 e. The number of nitrogens with one attached hydrogen (secondary N) is 2. The van der Waals surface area contributed by atoms with Gasteiger partial charge in [-0.3, -0.25) is 9.52 Å².